The van der Waals surface area contributed by atoms with Crippen molar-refractivity contribution >= 4 is 18.2 Å². The second-order valence-corrected chi connectivity index (χ2v) is 6.33. The van der Waals surface area contributed by atoms with Crippen LogP contribution >= 0.6 is 0 Å². The number of ether oxygens (including phenoxy) is 2. The largest absolute Gasteiger partial charge is 0.458 e. The monoisotopic (exact) mass is 401 g/mol. The number of esters is 2. The van der Waals surface area contributed by atoms with E-state index in [0.29, 0.717) is 28.7 Å². The number of carbonyl (C=O) groups is 3. The lowest BCUT2D eigenvalue weighted by Crippen LogP contribution is -2.25. The first-order valence-corrected chi connectivity index (χ1v) is 9.26. The number of aromatic nitrogens is 1. The Morgan fingerprint density at radius 2 is 1.60 bits per heavy atom. The number of aromatic amines is 1. The lowest BCUT2D eigenvalue weighted by molar-refractivity contribution is 0.000891. The Morgan fingerprint density at radius 1 is 0.967 bits per heavy atom. The van der Waals surface area contributed by atoms with E-state index in [1.165, 1.54) is 0 Å². The van der Waals surface area contributed by atoms with Crippen LogP contribution in [0, 0.1) is 11.8 Å². The minimum atomic E-state index is -0.748. The summed E-state index contributed by atoms with van der Waals surface area (Å²) in [5, 5.41) is 0. The van der Waals surface area contributed by atoms with E-state index < -0.39 is 18.0 Å². The van der Waals surface area contributed by atoms with Gasteiger partial charge in [-0.1, -0.05) is 48.2 Å². The Kier molecular flexibility index (Phi) is 7.17. The van der Waals surface area contributed by atoms with Gasteiger partial charge in [-0.05, 0) is 30.3 Å². The number of H-pyrrole nitrogens is 1. The Bertz CT molecular complexity index is 1060. The van der Waals surface area contributed by atoms with Crippen LogP contribution in [-0.4, -0.2) is 35.9 Å². The number of aldehydes is 1. The van der Waals surface area contributed by atoms with Crippen molar-refractivity contribution in [1.82, 2.24) is 4.98 Å². The molecule has 30 heavy (non-hydrogen) atoms. The molecular weight excluding hydrogens is 382 g/mol. The normalized spacial score (nSPS) is 10.9. The van der Waals surface area contributed by atoms with Gasteiger partial charge in [0.1, 0.15) is 12.7 Å². The molecule has 0 saturated heterocycles. The number of benzene rings is 2. The summed E-state index contributed by atoms with van der Waals surface area (Å²) < 4.78 is 10.8. The van der Waals surface area contributed by atoms with Gasteiger partial charge < -0.3 is 14.5 Å². The highest BCUT2D eigenvalue weighted by atomic mass is 16.6. The van der Waals surface area contributed by atoms with Gasteiger partial charge in [0, 0.05) is 18.2 Å². The predicted octanol–water partition coefficient (Wildman–Crippen LogP) is 3.65. The molecule has 150 valence electrons. The molecular formula is C24H19NO5. The van der Waals surface area contributed by atoms with Gasteiger partial charge in [-0.2, -0.15) is 0 Å². The van der Waals surface area contributed by atoms with Crippen molar-refractivity contribution in [3.63, 3.8) is 0 Å². The molecule has 6 nitrogen and oxygen atoms in total. The third-order valence-electron chi connectivity index (χ3n) is 4.09. The van der Waals surface area contributed by atoms with Gasteiger partial charge in [0.2, 0.25) is 0 Å². The Hall–Kier alpha value is -4.11. The Balaban J connectivity index is 1.66. The summed E-state index contributed by atoms with van der Waals surface area (Å²) >= 11 is 0. The van der Waals surface area contributed by atoms with E-state index >= 15 is 0 Å². The van der Waals surface area contributed by atoms with Crippen LogP contribution in [0.1, 0.15) is 43.2 Å². The average molecular weight is 401 g/mol. The van der Waals surface area contributed by atoms with Gasteiger partial charge in [0.15, 0.2) is 6.29 Å². The highest BCUT2D eigenvalue weighted by Crippen LogP contribution is 2.09. The van der Waals surface area contributed by atoms with Crippen LogP contribution in [0.2, 0.25) is 0 Å². The first-order chi connectivity index (χ1) is 14.7. The molecule has 0 saturated carbocycles. The lowest BCUT2D eigenvalue weighted by Gasteiger charge is -2.16. The maximum Gasteiger partial charge on any atom is 0.338 e. The third-order valence-corrected chi connectivity index (χ3v) is 4.09. The first kappa shape index (κ1) is 20.6. The molecule has 1 atom stereocenters. The second kappa shape index (κ2) is 10.4. The molecule has 1 heterocycles. The maximum absolute atomic E-state index is 12.4. The van der Waals surface area contributed by atoms with Gasteiger partial charge in [-0.3, -0.25) is 4.79 Å². The van der Waals surface area contributed by atoms with Gasteiger partial charge in [-0.25, -0.2) is 9.59 Å². The van der Waals surface area contributed by atoms with Crippen molar-refractivity contribution in [2.24, 2.45) is 0 Å². The van der Waals surface area contributed by atoms with Crippen LogP contribution in [0.5, 0.6) is 0 Å². The van der Waals surface area contributed by atoms with Crippen LogP contribution < -0.4 is 0 Å². The molecule has 6 heteroatoms. The SMILES string of the molecule is O=Cc1cc(C#CC[C@@H](COC(=O)c2ccccc2)OC(=O)c2ccccc2)c[nH]1. The zero-order chi connectivity index (χ0) is 21.2. The fourth-order valence-corrected chi connectivity index (χ4v) is 2.57. The number of nitrogens with one attached hydrogen (secondary N) is 1. The minimum Gasteiger partial charge on any atom is -0.458 e. The highest BCUT2D eigenvalue weighted by Gasteiger charge is 2.18. The van der Waals surface area contributed by atoms with E-state index in [9.17, 15) is 14.4 Å². The van der Waals surface area contributed by atoms with Crippen LogP contribution in [0.4, 0.5) is 0 Å². The van der Waals surface area contributed by atoms with E-state index in [2.05, 4.69) is 16.8 Å². The van der Waals surface area contributed by atoms with Crippen molar-refractivity contribution < 1.29 is 23.9 Å². The summed E-state index contributed by atoms with van der Waals surface area (Å²) in [7, 11) is 0. The lowest BCUT2D eigenvalue weighted by atomic mass is 10.2. The Morgan fingerprint density at radius 3 is 2.20 bits per heavy atom. The standard InChI is InChI=1S/C24H19NO5/c26-16-21-14-18(15-25-21)8-7-13-22(30-24(28)20-11-5-2-6-12-20)17-29-23(27)19-9-3-1-4-10-19/h1-6,9-12,14-16,22,25H,13,17H2/t22-/m0/s1. The second-order valence-electron chi connectivity index (χ2n) is 6.33. The van der Waals surface area contributed by atoms with Gasteiger partial charge in [0.25, 0.3) is 0 Å². The van der Waals surface area contributed by atoms with E-state index in [1.54, 1.807) is 72.9 Å². The van der Waals surface area contributed by atoms with Crippen LogP contribution in [0.25, 0.3) is 0 Å². The van der Waals surface area contributed by atoms with E-state index in [-0.39, 0.29) is 13.0 Å². The van der Waals surface area contributed by atoms with Crippen molar-refractivity contribution in [2.45, 2.75) is 12.5 Å². The molecule has 2 aromatic carbocycles. The molecule has 1 aromatic heterocycles. The summed E-state index contributed by atoms with van der Waals surface area (Å²) in [6, 6.07) is 18.7. The smallest absolute Gasteiger partial charge is 0.338 e. The number of rotatable bonds is 7. The maximum atomic E-state index is 12.4. The first-order valence-electron chi connectivity index (χ1n) is 9.26. The topological polar surface area (TPSA) is 85.5 Å². The van der Waals surface area contributed by atoms with Crippen LogP contribution in [0.15, 0.2) is 72.9 Å². The van der Waals surface area contributed by atoms with Crippen molar-refractivity contribution in [1.29, 1.82) is 0 Å². The molecule has 1 N–H and O–H groups in total. The van der Waals surface area contributed by atoms with E-state index in [4.69, 9.17) is 9.47 Å². The highest BCUT2D eigenvalue weighted by molar-refractivity contribution is 5.90. The minimum absolute atomic E-state index is 0.131. The summed E-state index contributed by atoms with van der Waals surface area (Å²) in [5.74, 6) is 4.76. The molecule has 0 aliphatic rings. The fraction of sp³-hybridized carbons (Fsp3) is 0.125. The molecule has 0 aliphatic heterocycles. The summed E-state index contributed by atoms with van der Waals surface area (Å²) in [5.41, 5.74) is 1.85. The van der Waals surface area contributed by atoms with Gasteiger partial charge >= 0.3 is 11.9 Å². The molecule has 3 aromatic rings. The summed E-state index contributed by atoms with van der Waals surface area (Å²) in [6.07, 6.45) is 1.71. The Labute approximate surface area is 173 Å². The van der Waals surface area contributed by atoms with E-state index in [0.717, 1.165) is 0 Å². The predicted molar refractivity (Wildman–Crippen MR) is 110 cm³/mol. The fourth-order valence-electron chi connectivity index (χ4n) is 2.57. The molecule has 0 amide bonds. The average Bonchev–Trinajstić information content (AvgIpc) is 3.26. The van der Waals surface area contributed by atoms with Crippen LogP contribution in [0.3, 0.4) is 0 Å². The summed E-state index contributed by atoms with van der Waals surface area (Å²) in [6.45, 7) is -0.131. The molecule has 3 rings (SSSR count). The third kappa shape index (κ3) is 5.94. The number of hydrogen-bond donors (Lipinski definition) is 1. The molecule has 0 aliphatic carbocycles. The van der Waals surface area contributed by atoms with Gasteiger partial charge in [0.05, 0.1) is 16.8 Å². The number of hydrogen-bond acceptors (Lipinski definition) is 5. The molecule has 0 spiro atoms. The van der Waals surface area contributed by atoms with Gasteiger partial charge in [-0.15, -0.1) is 0 Å². The molecule has 0 radical (unpaired) electrons. The zero-order valence-electron chi connectivity index (χ0n) is 16.0. The molecule has 0 unspecified atom stereocenters. The van der Waals surface area contributed by atoms with Crippen molar-refractivity contribution in [3.8, 4) is 11.8 Å². The number of carbonyl (C=O) groups excluding carboxylic acids is 3. The molecule has 0 fully saturated rings. The van der Waals surface area contributed by atoms with Crippen molar-refractivity contribution in [3.05, 3.63) is 95.3 Å². The molecule has 0 bridgehead atoms. The van der Waals surface area contributed by atoms with E-state index in [1.807, 2.05) is 0 Å². The van der Waals surface area contributed by atoms with Crippen LogP contribution in [-0.2, 0) is 9.47 Å². The van der Waals surface area contributed by atoms with Crippen molar-refractivity contribution in [2.75, 3.05) is 6.61 Å². The zero-order valence-corrected chi connectivity index (χ0v) is 16.0. The summed E-state index contributed by atoms with van der Waals surface area (Å²) in [4.78, 5) is 38.1. The quantitative estimate of drug-likeness (QED) is 0.371.